The fourth-order valence-electron chi connectivity index (χ4n) is 1.88. The van der Waals surface area contributed by atoms with Crippen LogP contribution in [0.1, 0.15) is 0 Å². The minimum atomic E-state index is -3.16. The van der Waals surface area contributed by atoms with E-state index >= 15 is 0 Å². The summed E-state index contributed by atoms with van der Waals surface area (Å²) < 4.78 is 17.5. The van der Waals surface area contributed by atoms with Gasteiger partial charge in [0.2, 0.25) is 11.2 Å². The lowest BCUT2D eigenvalue weighted by molar-refractivity contribution is 0.377. The highest BCUT2D eigenvalue weighted by Gasteiger charge is 2.50. The molecule has 0 aliphatic rings. The van der Waals surface area contributed by atoms with Crippen molar-refractivity contribution in [2.24, 2.45) is 0 Å². The minimum Gasteiger partial charge on any atom is -0.258 e. The first kappa shape index (κ1) is 15.7. The van der Waals surface area contributed by atoms with E-state index in [0.29, 0.717) is 17.2 Å². The molecule has 0 bridgehead atoms. The predicted molar refractivity (Wildman–Crippen MR) is 94.0 cm³/mol. The molecule has 0 unspecified atom stereocenters. The molecular formula is C18H15ClO3P+. The van der Waals surface area contributed by atoms with E-state index in [4.69, 9.17) is 24.8 Å². The number of halogens is 1. The second-order valence-electron chi connectivity index (χ2n) is 4.64. The Kier molecular flexibility index (Phi) is 5.02. The molecule has 116 valence electrons. The number of para-hydroxylation sites is 3. The van der Waals surface area contributed by atoms with Crippen LogP contribution in [0, 0.1) is 0 Å². The lowest BCUT2D eigenvalue weighted by Gasteiger charge is -2.15. The average molecular weight is 346 g/mol. The molecule has 0 radical (unpaired) electrons. The fraction of sp³-hybridized carbons (Fsp3) is 0. The Morgan fingerprint density at radius 2 is 0.739 bits per heavy atom. The summed E-state index contributed by atoms with van der Waals surface area (Å²) in [4.78, 5) is 0. The molecule has 0 aliphatic carbocycles. The number of hydrogen-bond acceptors (Lipinski definition) is 3. The SMILES string of the molecule is Cl[P+](Oc1ccccc1)(Oc1ccccc1)Oc1ccccc1. The molecule has 23 heavy (non-hydrogen) atoms. The molecule has 0 spiro atoms. The summed E-state index contributed by atoms with van der Waals surface area (Å²) in [5.74, 6) is 1.76. The van der Waals surface area contributed by atoms with Gasteiger partial charge in [-0.2, -0.15) is 0 Å². The van der Waals surface area contributed by atoms with Crippen molar-refractivity contribution in [3.63, 3.8) is 0 Å². The maximum atomic E-state index is 6.59. The third kappa shape index (κ3) is 4.62. The van der Waals surface area contributed by atoms with Crippen molar-refractivity contribution >= 4 is 18.5 Å². The van der Waals surface area contributed by atoms with Crippen molar-refractivity contribution in [3.8, 4) is 17.2 Å². The first-order chi connectivity index (χ1) is 11.2. The molecule has 0 aromatic heterocycles. The summed E-state index contributed by atoms with van der Waals surface area (Å²) in [5, 5.41) is 0. The van der Waals surface area contributed by atoms with Gasteiger partial charge in [-0.25, -0.2) is 0 Å². The maximum Gasteiger partial charge on any atom is 0.660 e. The van der Waals surface area contributed by atoms with Crippen molar-refractivity contribution in [2.75, 3.05) is 0 Å². The largest absolute Gasteiger partial charge is 0.660 e. The summed E-state index contributed by atoms with van der Waals surface area (Å²) in [6.45, 7) is 0. The zero-order valence-corrected chi connectivity index (χ0v) is 13.9. The Hall–Kier alpha value is -2.22. The van der Waals surface area contributed by atoms with Crippen molar-refractivity contribution in [1.82, 2.24) is 0 Å². The standard InChI is InChI=1S/C18H15ClO3P/c19-23(20-16-10-4-1-5-11-16,21-17-12-6-2-7-13-17)22-18-14-8-3-9-15-18/h1-15H/q+1. The smallest absolute Gasteiger partial charge is 0.258 e. The lowest BCUT2D eigenvalue weighted by atomic mass is 10.3. The van der Waals surface area contributed by atoms with Crippen LogP contribution in [0.25, 0.3) is 0 Å². The number of hydrogen-bond donors (Lipinski definition) is 0. The van der Waals surface area contributed by atoms with Gasteiger partial charge in [-0.3, -0.25) is 13.6 Å². The molecule has 0 aliphatic heterocycles. The van der Waals surface area contributed by atoms with E-state index in [1.165, 1.54) is 0 Å². The van der Waals surface area contributed by atoms with Gasteiger partial charge in [-0.05, 0) is 36.4 Å². The average Bonchev–Trinajstić information content (AvgIpc) is 2.57. The molecule has 0 amide bonds. The van der Waals surface area contributed by atoms with Gasteiger partial charge in [0.25, 0.3) is 0 Å². The van der Waals surface area contributed by atoms with Gasteiger partial charge in [0.15, 0.2) is 17.2 Å². The number of rotatable bonds is 6. The van der Waals surface area contributed by atoms with Gasteiger partial charge in [0, 0.05) is 0 Å². The Bertz CT molecular complexity index is 622. The molecule has 0 saturated heterocycles. The van der Waals surface area contributed by atoms with Crippen LogP contribution in [0.2, 0.25) is 0 Å². The molecule has 0 saturated carbocycles. The minimum absolute atomic E-state index is 0.586. The molecule has 0 heterocycles. The van der Waals surface area contributed by atoms with Crippen LogP contribution in [-0.4, -0.2) is 0 Å². The van der Waals surface area contributed by atoms with E-state index in [2.05, 4.69) is 0 Å². The van der Waals surface area contributed by atoms with Crippen molar-refractivity contribution in [3.05, 3.63) is 91.0 Å². The summed E-state index contributed by atoms with van der Waals surface area (Å²) in [6, 6.07) is 27.7. The molecule has 3 aromatic rings. The molecule has 0 fully saturated rings. The molecule has 3 rings (SSSR count). The first-order valence-corrected chi connectivity index (χ1v) is 9.51. The van der Waals surface area contributed by atoms with Crippen LogP contribution in [0.4, 0.5) is 0 Å². The van der Waals surface area contributed by atoms with Crippen molar-refractivity contribution in [2.45, 2.75) is 0 Å². The Balaban J connectivity index is 1.85. The van der Waals surface area contributed by atoms with E-state index in [1.54, 1.807) is 36.4 Å². The molecule has 3 aromatic carbocycles. The van der Waals surface area contributed by atoms with Gasteiger partial charge in [-0.1, -0.05) is 54.6 Å². The Labute approximate surface area is 140 Å². The zero-order valence-electron chi connectivity index (χ0n) is 12.2. The van der Waals surface area contributed by atoms with E-state index < -0.39 is 7.30 Å². The quantitative estimate of drug-likeness (QED) is 0.502. The van der Waals surface area contributed by atoms with E-state index in [9.17, 15) is 0 Å². The maximum absolute atomic E-state index is 6.59. The topological polar surface area (TPSA) is 27.7 Å². The summed E-state index contributed by atoms with van der Waals surface area (Å²) in [7, 11) is -3.16. The monoisotopic (exact) mass is 345 g/mol. The molecule has 0 N–H and O–H groups in total. The van der Waals surface area contributed by atoms with E-state index in [-0.39, 0.29) is 0 Å². The summed E-state index contributed by atoms with van der Waals surface area (Å²) >= 11 is 6.59. The molecule has 3 nitrogen and oxygen atoms in total. The van der Waals surface area contributed by atoms with Gasteiger partial charge in [-0.15, -0.1) is 0 Å². The van der Waals surface area contributed by atoms with Gasteiger partial charge < -0.3 is 0 Å². The van der Waals surface area contributed by atoms with E-state index in [0.717, 1.165) is 0 Å². The zero-order chi connectivity index (χ0) is 16.0. The third-order valence-corrected chi connectivity index (χ3v) is 4.78. The van der Waals surface area contributed by atoms with Crippen LogP contribution in [0.15, 0.2) is 91.0 Å². The molecular weight excluding hydrogens is 331 g/mol. The first-order valence-electron chi connectivity index (χ1n) is 7.06. The van der Waals surface area contributed by atoms with Crippen LogP contribution in [0.5, 0.6) is 17.2 Å². The molecule has 0 atom stereocenters. The van der Waals surface area contributed by atoms with E-state index in [1.807, 2.05) is 54.6 Å². The van der Waals surface area contributed by atoms with Crippen LogP contribution >= 0.6 is 18.5 Å². The highest BCUT2D eigenvalue weighted by atomic mass is 35.7. The Morgan fingerprint density at radius 3 is 1.00 bits per heavy atom. The predicted octanol–water partition coefficient (Wildman–Crippen LogP) is 6.14. The van der Waals surface area contributed by atoms with Gasteiger partial charge in [0.05, 0.1) is 0 Å². The van der Waals surface area contributed by atoms with Crippen LogP contribution in [-0.2, 0) is 0 Å². The van der Waals surface area contributed by atoms with Crippen molar-refractivity contribution in [1.29, 1.82) is 0 Å². The third-order valence-electron chi connectivity index (χ3n) is 2.87. The normalized spacial score (nSPS) is 10.8. The summed E-state index contributed by atoms with van der Waals surface area (Å²) in [5.41, 5.74) is 0. The highest BCUT2D eigenvalue weighted by molar-refractivity contribution is 7.88. The number of benzene rings is 3. The summed E-state index contributed by atoms with van der Waals surface area (Å²) in [6.07, 6.45) is 0. The molecule has 5 heteroatoms. The Morgan fingerprint density at radius 1 is 0.478 bits per heavy atom. The van der Waals surface area contributed by atoms with Crippen molar-refractivity contribution < 1.29 is 13.6 Å². The lowest BCUT2D eigenvalue weighted by Crippen LogP contribution is -2.09. The van der Waals surface area contributed by atoms with Gasteiger partial charge in [0.1, 0.15) is 0 Å². The second kappa shape index (κ2) is 7.36. The fourth-order valence-corrected chi connectivity index (χ4v) is 3.83. The van der Waals surface area contributed by atoms with Gasteiger partial charge >= 0.3 is 7.30 Å². The highest BCUT2D eigenvalue weighted by Crippen LogP contribution is 2.64. The second-order valence-corrected chi connectivity index (χ2v) is 7.29. The van der Waals surface area contributed by atoms with Crippen LogP contribution < -0.4 is 13.6 Å². The van der Waals surface area contributed by atoms with Crippen LogP contribution in [0.3, 0.4) is 0 Å².